The number of nitrogens with zero attached hydrogens (tertiary/aromatic N) is 6. The molecule has 220 valence electrons. The molecule has 12 heteroatoms. The number of ether oxygens (including phenoxy) is 1. The Bertz CT molecular complexity index is 1350. The van der Waals surface area contributed by atoms with Gasteiger partial charge in [0.15, 0.2) is 5.82 Å². The fraction of sp³-hybridized carbons (Fsp3) is 0.586. The highest BCUT2D eigenvalue weighted by atomic mass is 19.3. The van der Waals surface area contributed by atoms with Crippen molar-refractivity contribution in [1.29, 1.82) is 0 Å². The SMILES string of the molecule is CN1CCC[C@H](C(=O)NC2CCC(Nc3nc(N4CCOCC4)cc(-n4c(C(F)F)nc5ccccc54)n3)CC2)C1. The van der Waals surface area contributed by atoms with Gasteiger partial charge in [0, 0.05) is 37.8 Å². The van der Waals surface area contributed by atoms with Crippen molar-refractivity contribution >= 4 is 28.7 Å². The van der Waals surface area contributed by atoms with Crippen molar-refractivity contribution in [3.8, 4) is 5.82 Å². The van der Waals surface area contributed by atoms with Gasteiger partial charge in [-0.3, -0.25) is 9.36 Å². The van der Waals surface area contributed by atoms with Crippen LogP contribution in [0, 0.1) is 5.92 Å². The zero-order chi connectivity index (χ0) is 28.3. The Hall–Kier alpha value is -3.38. The highest BCUT2D eigenvalue weighted by Gasteiger charge is 2.29. The molecule has 3 aliphatic rings. The molecule has 41 heavy (non-hydrogen) atoms. The van der Waals surface area contributed by atoms with Gasteiger partial charge in [0.1, 0.15) is 11.6 Å². The van der Waals surface area contributed by atoms with E-state index in [0.717, 1.165) is 51.6 Å². The lowest BCUT2D eigenvalue weighted by molar-refractivity contribution is -0.127. The van der Waals surface area contributed by atoms with Gasteiger partial charge in [-0.15, -0.1) is 0 Å². The van der Waals surface area contributed by atoms with Crippen molar-refractivity contribution in [3.63, 3.8) is 0 Å². The van der Waals surface area contributed by atoms with Crippen molar-refractivity contribution in [3.05, 3.63) is 36.2 Å². The van der Waals surface area contributed by atoms with Gasteiger partial charge in [0.05, 0.1) is 30.2 Å². The van der Waals surface area contributed by atoms with Crippen LogP contribution < -0.4 is 15.5 Å². The van der Waals surface area contributed by atoms with Gasteiger partial charge in [-0.2, -0.15) is 9.97 Å². The number of alkyl halides is 2. The number of fused-ring (bicyclic) bond motifs is 1. The first-order valence-corrected chi connectivity index (χ1v) is 14.7. The highest BCUT2D eigenvalue weighted by Crippen LogP contribution is 2.30. The summed E-state index contributed by atoms with van der Waals surface area (Å²) in [5.41, 5.74) is 1.06. The van der Waals surface area contributed by atoms with Gasteiger partial charge in [-0.25, -0.2) is 13.8 Å². The van der Waals surface area contributed by atoms with Crippen LogP contribution in [0.2, 0.25) is 0 Å². The second-order valence-corrected chi connectivity index (χ2v) is 11.4. The third-order valence-electron chi connectivity index (χ3n) is 8.45. The molecule has 1 amide bonds. The zero-order valence-electron chi connectivity index (χ0n) is 23.4. The topological polar surface area (TPSA) is 100 Å². The monoisotopic (exact) mass is 568 g/mol. The normalized spacial score (nSPS) is 24.1. The highest BCUT2D eigenvalue weighted by molar-refractivity contribution is 5.79. The molecular weight excluding hydrogens is 530 g/mol. The molecule has 10 nitrogen and oxygen atoms in total. The molecule has 3 fully saturated rings. The average molecular weight is 569 g/mol. The first kappa shape index (κ1) is 27.8. The number of para-hydroxylation sites is 2. The van der Waals surface area contributed by atoms with Crippen LogP contribution in [0.3, 0.4) is 0 Å². The van der Waals surface area contributed by atoms with Gasteiger partial charge >= 0.3 is 0 Å². The Balaban J connectivity index is 1.20. The second-order valence-electron chi connectivity index (χ2n) is 11.4. The summed E-state index contributed by atoms with van der Waals surface area (Å²) in [7, 11) is 2.07. The Morgan fingerprint density at radius 3 is 2.46 bits per heavy atom. The van der Waals surface area contributed by atoms with E-state index in [0.29, 0.717) is 54.9 Å². The molecule has 2 aliphatic heterocycles. The van der Waals surface area contributed by atoms with Gasteiger partial charge in [0.2, 0.25) is 11.9 Å². The fourth-order valence-corrected chi connectivity index (χ4v) is 6.25. The molecule has 2 aromatic heterocycles. The number of aromatic nitrogens is 4. The molecule has 6 rings (SSSR count). The molecule has 1 saturated carbocycles. The van der Waals surface area contributed by atoms with Gasteiger partial charge in [-0.05, 0) is 64.3 Å². The number of rotatable bonds is 7. The maximum atomic E-state index is 14.1. The van der Waals surface area contributed by atoms with Crippen molar-refractivity contribution in [2.24, 2.45) is 5.92 Å². The molecule has 2 N–H and O–H groups in total. The van der Waals surface area contributed by atoms with E-state index >= 15 is 0 Å². The molecular formula is C29H38F2N8O2. The average Bonchev–Trinajstić information content (AvgIpc) is 3.39. The summed E-state index contributed by atoms with van der Waals surface area (Å²) in [5, 5.41) is 6.76. The van der Waals surface area contributed by atoms with Crippen molar-refractivity contribution in [1.82, 2.24) is 29.7 Å². The Labute approximate surface area is 238 Å². The lowest BCUT2D eigenvalue weighted by Gasteiger charge is -2.33. The zero-order valence-corrected chi connectivity index (χ0v) is 23.4. The Morgan fingerprint density at radius 2 is 1.71 bits per heavy atom. The number of benzene rings is 1. The summed E-state index contributed by atoms with van der Waals surface area (Å²) in [6, 6.07) is 9.13. The molecule has 3 aromatic rings. The number of hydrogen-bond donors (Lipinski definition) is 2. The van der Waals surface area contributed by atoms with E-state index in [1.807, 2.05) is 6.07 Å². The van der Waals surface area contributed by atoms with Gasteiger partial charge in [-0.1, -0.05) is 12.1 Å². The number of hydrogen-bond acceptors (Lipinski definition) is 8. The van der Waals surface area contributed by atoms with Crippen LogP contribution in [-0.4, -0.2) is 88.9 Å². The number of likely N-dealkylation sites (tertiary alicyclic amines) is 1. The third kappa shape index (κ3) is 6.28. The van der Waals surface area contributed by atoms with Gasteiger partial charge < -0.3 is 25.2 Å². The standard InChI is InChI=1S/C29H38F2N8O2/c1-37-12-4-5-19(18-37)28(40)32-20-8-10-21(11-9-20)33-29-35-24(38-13-15-41-16-14-38)17-25(36-29)39-23-7-3-2-6-22(23)34-27(39)26(30)31/h2-3,6-7,17,19-21,26H,4-5,8-16,18H2,1H3,(H,32,40)(H,33,35,36)/t19-,20?,21?/m0/s1. The van der Waals surface area contributed by atoms with E-state index in [1.165, 1.54) is 4.57 Å². The maximum absolute atomic E-state index is 14.1. The van der Waals surface area contributed by atoms with E-state index in [9.17, 15) is 13.6 Å². The molecule has 2 saturated heterocycles. The molecule has 0 bridgehead atoms. The summed E-state index contributed by atoms with van der Waals surface area (Å²) in [6.45, 7) is 4.34. The van der Waals surface area contributed by atoms with Crippen LogP contribution in [0.15, 0.2) is 30.3 Å². The third-order valence-corrected chi connectivity index (χ3v) is 8.45. The summed E-state index contributed by atoms with van der Waals surface area (Å²) in [5.74, 6) is 1.31. The largest absolute Gasteiger partial charge is 0.378 e. The van der Waals surface area contributed by atoms with E-state index in [4.69, 9.17) is 14.7 Å². The molecule has 1 atom stereocenters. The van der Waals surface area contributed by atoms with Crippen molar-refractivity contribution in [2.45, 2.75) is 57.0 Å². The van der Waals surface area contributed by atoms with Crippen LogP contribution in [-0.2, 0) is 9.53 Å². The van der Waals surface area contributed by atoms with Crippen LogP contribution in [0.25, 0.3) is 16.9 Å². The number of halogens is 2. The number of imidazole rings is 1. The fourth-order valence-electron chi connectivity index (χ4n) is 6.25. The van der Waals surface area contributed by atoms with Crippen LogP contribution >= 0.6 is 0 Å². The first-order chi connectivity index (χ1) is 19.9. The molecule has 1 aromatic carbocycles. The minimum absolute atomic E-state index is 0.0664. The lowest BCUT2D eigenvalue weighted by atomic mass is 9.90. The summed E-state index contributed by atoms with van der Waals surface area (Å²) < 4.78 is 35.2. The lowest BCUT2D eigenvalue weighted by Crippen LogP contribution is -2.46. The number of nitrogens with one attached hydrogen (secondary N) is 2. The number of anilines is 2. The number of piperidine rings is 1. The molecule has 0 spiro atoms. The predicted molar refractivity (Wildman–Crippen MR) is 153 cm³/mol. The number of amides is 1. The summed E-state index contributed by atoms with van der Waals surface area (Å²) in [6.07, 6.45) is 2.68. The van der Waals surface area contributed by atoms with E-state index in [-0.39, 0.29) is 29.7 Å². The molecule has 4 heterocycles. The molecule has 0 radical (unpaired) electrons. The van der Waals surface area contributed by atoms with Crippen LogP contribution in [0.4, 0.5) is 20.5 Å². The van der Waals surface area contributed by atoms with E-state index in [1.54, 1.807) is 24.3 Å². The Morgan fingerprint density at radius 1 is 0.976 bits per heavy atom. The van der Waals surface area contributed by atoms with E-state index < -0.39 is 6.43 Å². The molecule has 1 aliphatic carbocycles. The predicted octanol–water partition coefficient (Wildman–Crippen LogP) is 3.77. The first-order valence-electron chi connectivity index (χ1n) is 14.7. The quantitative estimate of drug-likeness (QED) is 0.445. The van der Waals surface area contributed by atoms with Gasteiger partial charge in [0.25, 0.3) is 6.43 Å². The Kier molecular flexibility index (Phi) is 8.29. The minimum Gasteiger partial charge on any atom is -0.378 e. The minimum atomic E-state index is -2.76. The van der Waals surface area contributed by atoms with Crippen molar-refractivity contribution in [2.75, 3.05) is 56.7 Å². The van der Waals surface area contributed by atoms with Crippen molar-refractivity contribution < 1.29 is 18.3 Å². The maximum Gasteiger partial charge on any atom is 0.296 e. The molecule has 0 unspecified atom stereocenters. The second kappa shape index (κ2) is 12.2. The number of carbonyl (C=O) groups is 1. The van der Waals surface area contributed by atoms with E-state index in [2.05, 4.69) is 32.5 Å². The van der Waals surface area contributed by atoms with Crippen LogP contribution in [0.5, 0.6) is 0 Å². The van der Waals surface area contributed by atoms with Crippen LogP contribution in [0.1, 0.15) is 50.8 Å². The number of carbonyl (C=O) groups excluding carboxylic acids is 1. The summed E-state index contributed by atoms with van der Waals surface area (Å²) in [4.78, 5) is 30.9. The summed E-state index contributed by atoms with van der Waals surface area (Å²) >= 11 is 0. The number of morpholine rings is 1. The smallest absolute Gasteiger partial charge is 0.296 e.